The van der Waals surface area contributed by atoms with Gasteiger partial charge >= 0.3 is 0 Å². The highest BCUT2D eigenvalue weighted by atomic mass is 16.5. The van der Waals surface area contributed by atoms with E-state index in [2.05, 4.69) is 20.7 Å². The summed E-state index contributed by atoms with van der Waals surface area (Å²) in [6, 6.07) is 12.2. The highest BCUT2D eigenvalue weighted by Crippen LogP contribution is 2.41. The van der Waals surface area contributed by atoms with Crippen molar-refractivity contribution in [1.29, 1.82) is 0 Å². The van der Waals surface area contributed by atoms with E-state index in [9.17, 15) is 4.79 Å². The summed E-state index contributed by atoms with van der Waals surface area (Å²) in [7, 11) is 4.76. The SMILES string of the molecule is COc1ccc([C@@H]2[C@H](C(=O)Nc3ccccc3OC)[C@@H](C)Nc3ncnn32)c(OC)c1. The Labute approximate surface area is 180 Å². The van der Waals surface area contributed by atoms with Gasteiger partial charge in [0.15, 0.2) is 0 Å². The molecule has 9 heteroatoms. The minimum absolute atomic E-state index is 0.173. The molecule has 3 atom stereocenters. The van der Waals surface area contributed by atoms with Crippen LogP contribution in [-0.2, 0) is 4.79 Å². The van der Waals surface area contributed by atoms with Crippen molar-refractivity contribution in [2.75, 3.05) is 32.0 Å². The molecular formula is C22H25N5O4. The maximum absolute atomic E-state index is 13.6. The molecule has 2 heterocycles. The van der Waals surface area contributed by atoms with Crippen LogP contribution in [0.2, 0.25) is 0 Å². The zero-order valence-electron chi connectivity index (χ0n) is 17.8. The number of benzene rings is 2. The fourth-order valence-corrected chi connectivity index (χ4v) is 4.00. The molecule has 9 nitrogen and oxygen atoms in total. The van der Waals surface area contributed by atoms with E-state index in [1.54, 1.807) is 38.1 Å². The van der Waals surface area contributed by atoms with Crippen LogP contribution < -0.4 is 24.8 Å². The van der Waals surface area contributed by atoms with E-state index >= 15 is 0 Å². The minimum atomic E-state index is -0.513. The number of aromatic nitrogens is 3. The first-order chi connectivity index (χ1) is 15.1. The largest absolute Gasteiger partial charge is 0.497 e. The van der Waals surface area contributed by atoms with Crippen LogP contribution in [0.3, 0.4) is 0 Å². The van der Waals surface area contributed by atoms with Crippen molar-refractivity contribution < 1.29 is 19.0 Å². The fourth-order valence-electron chi connectivity index (χ4n) is 4.00. The van der Waals surface area contributed by atoms with E-state index in [0.29, 0.717) is 28.9 Å². The van der Waals surface area contributed by atoms with Crippen molar-refractivity contribution in [2.24, 2.45) is 5.92 Å². The molecule has 0 saturated heterocycles. The molecule has 1 amide bonds. The number of nitrogens with one attached hydrogen (secondary N) is 2. The molecule has 0 unspecified atom stereocenters. The Hall–Kier alpha value is -3.75. The Morgan fingerprint density at radius 2 is 1.84 bits per heavy atom. The van der Waals surface area contributed by atoms with Crippen LogP contribution in [0.1, 0.15) is 18.5 Å². The fraction of sp³-hybridized carbons (Fsp3) is 0.318. The normalized spacial score (nSPS) is 19.7. The first kappa shape index (κ1) is 20.5. The minimum Gasteiger partial charge on any atom is -0.497 e. The Morgan fingerprint density at radius 1 is 1.06 bits per heavy atom. The molecule has 0 saturated carbocycles. The van der Waals surface area contributed by atoms with Gasteiger partial charge in [0.25, 0.3) is 0 Å². The van der Waals surface area contributed by atoms with Gasteiger partial charge in [0, 0.05) is 17.7 Å². The third kappa shape index (κ3) is 3.74. The average Bonchev–Trinajstić information content (AvgIpc) is 3.26. The predicted octanol–water partition coefficient (Wildman–Crippen LogP) is 2.96. The van der Waals surface area contributed by atoms with Crippen molar-refractivity contribution in [3.05, 3.63) is 54.4 Å². The number of carbonyl (C=O) groups excluding carboxylic acids is 1. The average molecular weight is 423 g/mol. The number of methoxy groups -OCH3 is 3. The van der Waals surface area contributed by atoms with E-state index < -0.39 is 12.0 Å². The Morgan fingerprint density at radius 3 is 2.58 bits per heavy atom. The summed E-state index contributed by atoms with van der Waals surface area (Å²) < 4.78 is 18.1. The van der Waals surface area contributed by atoms with Crippen LogP contribution in [0.25, 0.3) is 0 Å². The van der Waals surface area contributed by atoms with Crippen molar-refractivity contribution in [1.82, 2.24) is 14.8 Å². The summed E-state index contributed by atoms with van der Waals surface area (Å²) in [4.78, 5) is 17.9. The number of anilines is 2. The van der Waals surface area contributed by atoms with Crippen molar-refractivity contribution in [3.8, 4) is 17.2 Å². The van der Waals surface area contributed by atoms with Crippen LogP contribution in [-0.4, -0.2) is 48.0 Å². The zero-order valence-corrected chi connectivity index (χ0v) is 17.8. The predicted molar refractivity (Wildman–Crippen MR) is 116 cm³/mol. The van der Waals surface area contributed by atoms with Gasteiger partial charge in [0.2, 0.25) is 11.9 Å². The third-order valence-corrected chi connectivity index (χ3v) is 5.50. The number of amides is 1. The summed E-state index contributed by atoms with van der Waals surface area (Å²) in [5, 5.41) is 10.7. The number of fused-ring (bicyclic) bond motifs is 1. The Kier molecular flexibility index (Phi) is 5.66. The second-order valence-corrected chi connectivity index (χ2v) is 7.23. The summed E-state index contributed by atoms with van der Waals surface area (Å²) in [5.74, 6) is 1.77. The maximum atomic E-state index is 13.6. The summed E-state index contributed by atoms with van der Waals surface area (Å²) in [6.07, 6.45) is 1.47. The number of hydrogen-bond acceptors (Lipinski definition) is 7. The summed E-state index contributed by atoms with van der Waals surface area (Å²) in [6.45, 7) is 1.95. The topological polar surface area (TPSA) is 99.5 Å². The molecule has 1 aromatic heterocycles. The van der Waals surface area contributed by atoms with Gasteiger partial charge in [-0.05, 0) is 31.2 Å². The van der Waals surface area contributed by atoms with Crippen LogP contribution >= 0.6 is 0 Å². The molecule has 0 spiro atoms. The number of carbonyl (C=O) groups is 1. The quantitative estimate of drug-likeness (QED) is 0.629. The van der Waals surface area contributed by atoms with Gasteiger partial charge in [-0.3, -0.25) is 4.79 Å². The van der Waals surface area contributed by atoms with Crippen LogP contribution in [0, 0.1) is 5.92 Å². The number of rotatable bonds is 6. The number of ether oxygens (including phenoxy) is 3. The molecular weight excluding hydrogens is 398 g/mol. The first-order valence-electron chi connectivity index (χ1n) is 9.89. The highest BCUT2D eigenvalue weighted by Gasteiger charge is 2.42. The van der Waals surface area contributed by atoms with E-state index in [1.807, 2.05) is 37.3 Å². The lowest BCUT2D eigenvalue weighted by Crippen LogP contribution is -2.46. The molecule has 1 aliphatic heterocycles. The lowest BCUT2D eigenvalue weighted by molar-refractivity contribution is -0.121. The van der Waals surface area contributed by atoms with Crippen LogP contribution in [0.4, 0.5) is 11.6 Å². The molecule has 0 fully saturated rings. The monoisotopic (exact) mass is 423 g/mol. The van der Waals surface area contributed by atoms with Gasteiger partial charge in [-0.15, -0.1) is 0 Å². The van der Waals surface area contributed by atoms with Crippen LogP contribution in [0.15, 0.2) is 48.8 Å². The molecule has 162 valence electrons. The second kappa shape index (κ2) is 8.55. The lowest BCUT2D eigenvalue weighted by Gasteiger charge is -2.37. The molecule has 1 aliphatic rings. The van der Waals surface area contributed by atoms with Gasteiger partial charge in [0.05, 0.1) is 39.0 Å². The standard InChI is InChI=1S/C22H25N5O4/c1-13-19(21(28)26-16-7-5-6-8-17(16)30-3)20(27-22(25-13)23-12-24-27)15-10-9-14(29-2)11-18(15)31-4/h5-13,19-20H,1-4H3,(H,26,28)(H,23,24,25)/t13-,19-,20-/m1/s1. The molecule has 2 N–H and O–H groups in total. The summed E-state index contributed by atoms with van der Waals surface area (Å²) >= 11 is 0. The van der Waals surface area contributed by atoms with Gasteiger partial charge < -0.3 is 24.8 Å². The number of hydrogen-bond donors (Lipinski definition) is 2. The van der Waals surface area contributed by atoms with E-state index in [4.69, 9.17) is 14.2 Å². The van der Waals surface area contributed by atoms with Gasteiger partial charge in [-0.2, -0.15) is 10.1 Å². The van der Waals surface area contributed by atoms with E-state index in [-0.39, 0.29) is 11.9 Å². The molecule has 0 aliphatic carbocycles. The molecule has 31 heavy (non-hydrogen) atoms. The van der Waals surface area contributed by atoms with Crippen LogP contribution in [0.5, 0.6) is 17.2 Å². The van der Waals surface area contributed by atoms with Gasteiger partial charge in [0.1, 0.15) is 23.6 Å². The number of para-hydroxylation sites is 2. The molecule has 0 bridgehead atoms. The van der Waals surface area contributed by atoms with Gasteiger partial charge in [-0.1, -0.05) is 12.1 Å². The van der Waals surface area contributed by atoms with E-state index in [1.165, 1.54) is 6.33 Å². The third-order valence-electron chi connectivity index (χ3n) is 5.50. The lowest BCUT2D eigenvalue weighted by atomic mass is 9.85. The van der Waals surface area contributed by atoms with Crippen molar-refractivity contribution in [2.45, 2.75) is 19.0 Å². The second-order valence-electron chi connectivity index (χ2n) is 7.23. The highest BCUT2D eigenvalue weighted by molar-refractivity contribution is 5.95. The molecule has 2 aromatic carbocycles. The molecule has 0 radical (unpaired) electrons. The Balaban J connectivity index is 1.78. The zero-order chi connectivity index (χ0) is 22.0. The van der Waals surface area contributed by atoms with E-state index in [0.717, 1.165) is 5.56 Å². The smallest absolute Gasteiger partial charge is 0.232 e. The first-order valence-corrected chi connectivity index (χ1v) is 9.89. The van der Waals surface area contributed by atoms with Crippen molar-refractivity contribution in [3.63, 3.8) is 0 Å². The number of nitrogens with zero attached hydrogens (tertiary/aromatic N) is 3. The molecule has 4 rings (SSSR count). The Bertz CT molecular complexity index is 1080. The van der Waals surface area contributed by atoms with Crippen molar-refractivity contribution >= 4 is 17.5 Å². The molecule has 3 aromatic rings. The van der Waals surface area contributed by atoms with Gasteiger partial charge in [-0.25, -0.2) is 4.68 Å². The maximum Gasteiger partial charge on any atom is 0.232 e. The summed E-state index contributed by atoms with van der Waals surface area (Å²) in [5.41, 5.74) is 1.41.